The van der Waals surface area contributed by atoms with Crippen LogP contribution in [0.1, 0.15) is 24.3 Å². The average molecular weight is 550 g/mol. The first-order valence-electron chi connectivity index (χ1n) is 13.1. The third-order valence-corrected chi connectivity index (χ3v) is 8.42. The Kier molecular flexibility index (Phi) is 8.62. The number of anilines is 2. The number of thioether (sulfide) groups is 1. The van der Waals surface area contributed by atoms with Gasteiger partial charge in [0.1, 0.15) is 5.82 Å². The molecule has 7 nitrogen and oxygen atoms in total. The molecule has 39 heavy (non-hydrogen) atoms. The van der Waals surface area contributed by atoms with Crippen LogP contribution in [0.5, 0.6) is 0 Å². The lowest BCUT2D eigenvalue weighted by Gasteiger charge is -2.34. The Morgan fingerprint density at radius 1 is 1.18 bits per heavy atom. The molecule has 3 aromatic carbocycles. The molecule has 0 spiro atoms. The predicted molar refractivity (Wildman–Crippen MR) is 151 cm³/mol. The van der Waals surface area contributed by atoms with E-state index >= 15 is 0 Å². The van der Waals surface area contributed by atoms with Gasteiger partial charge in [-0.25, -0.2) is 4.39 Å². The molecular weight excluding hydrogens is 517 g/mol. The largest absolute Gasteiger partial charge is 0.385 e. The standard InChI is InChI=1S/C30H32FN3O4S/c1-38-15-5-14-33-27-17-22(10-11-28(27)39-19-29(33)35)34(37)30(36)25-18-32-13-12-23(25)20-6-4-7-21(16-20)24-8-2-3-9-26(24)31/h2-4,6-11,16-17,23,25,32,37H,5,12-15,18-19H2,1H3/t23-,25+/m1/s1. The van der Waals surface area contributed by atoms with Crippen LogP contribution in [0.15, 0.2) is 71.6 Å². The van der Waals surface area contributed by atoms with Crippen LogP contribution in [0, 0.1) is 11.7 Å². The highest BCUT2D eigenvalue weighted by atomic mass is 32.2. The summed E-state index contributed by atoms with van der Waals surface area (Å²) in [5.74, 6) is -1.06. The van der Waals surface area contributed by atoms with Crippen molar-refractivity contribution in [2.24, 2.45) is 5.92 Å². The van der Waals surface area contributed by atoms with E-state index in [2.05, 4.69) is 5.32 Å². The molecule has 3 aromatic rings. The molecule has 5 rings (SSSR count). The van der Waals surface area contributed by atoms with Crippen LogP contribution < -0.4 is 15.3 Å². The molecule has 0 unspecified atom stereocenters. The minimum absolute atomic E-state index is 0.0113. The Bertz CT molecular complexity index is 1350. The number of nitrogens with zero attached hydrogens (tertiary/aromatic N) is 2. The van der Waals surface area contributed by atoms with Crippen molar-refractivity contribution < 1.29 is 23.9 Å². The Hall–Kier alpha value is -3.24. The van der Waals surface area contributed by atoms with Gasteiger partial charge in [0.05, 0.1) is 23.0 Å². The summed E-state index contributed by atoms with van der Waals surface area (Å²) in [5, 5.41) is 15.1. The number of carbonyl (C=O) groups is 2. The number of hydroxylamine groups is 1. The van der Waals surface area contributed by atoms with Crippen molar-refractivity contribution in [3.8, 4) is 11.1 Å². The summed E-state index contributed by atoms with van der Waals surface area (Å²) in [6, 6.07) is 19.5. The van der Waals surface area contributed by atoms with Gasteiger partial charge in [-0.05, 0) is 60.7 Å². The molecular formula is C30H32FN3O4S. The van der Waals surface area contributed by atoms with Gasteiger partial charge in [0.15, 0.2) is 0 Å². The number of carbonyl (C=O) groups excluding carboxylic acids is 2. The van der Waals surface area contributed by atoms with Gasteiger partial charge in [0.25, 0.3) is 5.91 Å². The zero-order valence-electron chi connectivity index (χ0n) is 21.8. The van der Waals surface area contributed by atoms with Gasteiger partial charge in [-0.15, -0.1) is 11.8 Å². The van der Waals surface area contributed by atoms with E-state index < -0.39 is 11.8 Å². The van der Waals surface area contributed by atoms with Gasteiger partial charge < -0.3 is 15.0 Å². The highest BCUT2D eigenvalue weighted by Crippen LogP contribution is 2.39. The van der Waals surface area contributed by atoms with Crippen LogP contribution in [0.25, 0.3) is 11.1 Å². The van der Waals surface area contributed by atoms with Crippen molar-refractivity contribution in [3.63, 3.8) is 0 Å². The second-order valence-corrected chi connectivity index (χ2v) is 10.8. The van der Waals surface area contributed by atoms with Crippen molar-refractivity contribution in [3.05, 3.63) is 78.1 Å². The molecule has 204 valence electrons. The smallest absolute Gasteiger partial charge is 0.255 e. The number of methoxy groups -OCH3 is 1. The summed E-state index contributed by atoms with van der Waals surface area (Å²) in [5.41, 5.74) is 3.20. The molecule has 0 radical (unpaired) electrons. The van der Waals surface area contributed by atoms with Crippen LogP contribution in [0.3, 0.4) is 0 Å². The quantitative estimate of drug-likeness (QED) is 0.232. The van der Waals surface area contributed by atoms with Crippen molar-refractivity contribution in [1.29, 1.82) is 0 Å². The number of hydrogen-bond acceptors (Lipinski definition) is 6. The van der Waals surface area contributed by atoms with Crippen LogP contribution in [0.2, 0.25) is 0 Å². The van der Waals surface area contributed by atoms with Crippen LogP contribution >= 0.6 is 11.8 Å². The number of ether oxygens (including phenoxy) is 1. The first-order chi connectivity index (χ1) is 19.0. The third kappa shape index (κ3) is 5.86. The fourth-order valence-corrected chi connectivity index (χ4v) is 6.28. The fourth-order valence-electron chi connectivity index (χ4n) is 5.37. The molecule has 9 heteroatoms. The summed E-state index contributed by atoms with van der Waals surface area (Å²) < 4.78 is 19.6. The van der Waals surface area contributed by atoms with Crippen molar-refractivity contribution in [2.75, 3.05) is 49.1 Å². The average Bonchev–Trinajstić information content (AvgIpc) is 2.97. The Balaban J connectivity index is 1.40. The fraction of sp³-hybridized carbons (Fsp3) is 0.333. The lowest BCUT2D eigenvalue weighted by atomic mass is 9.79. The first kappa shape index (κ1) is 27.3. The number of halogens is 1. The summed E-state index contributed by atoms with van der Waals surface area (Å²) in [7, 11) is 1.62. The van der Waals surface area contributed by atoms with E-state index in [0.29, 0.717) is 60.3 Å². The molecule has 2 N–H and O–H groups in total. The van der Waals surface area contributed by atoms with Crippen molar-refractivity contribution in [1.82, 2.24) is 5.32 Å². The minimum Gasteiger partial charge on any atom is -0.385 e. The van der Waals surface area contributed by atoms with Crippen LogP contribution in [-0.2, 0) is 14.3 Å². The first-order valence-corrected chi connectivity index (χ1v) is 14.1. The maximum Gasteiger partial charge on any atom is 0.255 e. The van der Waals surface area contributed by atoms with E-state index in [1.165, 1.54) is 17.8 Å². The van der Waals surface area contributed by atoms with Crippen LogP contribution in [-0.4, -0.2) is 56.1 Å². The molecule has 0 aliphatic carbocycles. The topological polar surface area (TPSA) is 82.1 Å². The number of amides is 2. The van der Waals surface area contributed by atoms with E-state index in [-0.39, 0.29) is 17.6 Å². The predicted octanol–water partition coefficient (Wildman–Crippen LogP) is 5.08. The summed E-state index contributed by atoms with van der Waals surface area (Å²) in [4.78, 5) is 29.0. The molecule has 1 fully saturated rings. The SMILES string of the molecule is COCCCN1C(=O)CSc2ccc(N(O)C(=O)[C@H]3CNCC[C@@H]3c3cccc(-c4ccccc4F)c3)cc21. The summed E-state index contributed by atoms with van der Waals surface area (Å²) in [6.45, 7) is 2.17. The maximum atomic E-state index is 14.5. The van der Waals surface area contributed by atoms with Crippen LogP contribution in [0.4, 0.5) is 15.8 Å². The Morgan fingerprint density at radius 3 is 2.85 bits per heavy atom. The number of piperidine rings is 1. The van der Waals surface area contributed by atoms with Gasteiger partial charge in [0.2, 0.25) is 5.91 Å². The van der Waals surface area contributed by atoms with Gasteiger partial charge in [-0.1, -0.05) is 42.5 Å². The molecule has 0 bridgehead atoms. The molecule has 2 aliphatic heterocycles. The van der Waals surface area contributed by atoms with Gasteiger partial charge in [-0.2, -0.15) is 5.06 Å². The number of fused-ring (bicyclic) bond motifs is 1. The number of hydrogen-bond donors (Lipinski definition) is 2. The number of benzene rings is 3. The molecule has 0 saturated carbocycles. The zero-order valence-corrected chi connectivity index (χ0v) is 22.6. The zero-order chi connectivity index (χ0) is 27.4. The number of nitrogens with one attached hydrogen (secondary N) is 1. The van der Waals surface area contributed by atoms with Crippen molar-refractivity contribution >= 4 is 35.0 Å². The Morgan fingerprint density at radius 2 is 2.03 bits per heavy atom. The number of rotatable bonds is 8. The summed E-state index contributed by atoms with van der Waals surface area (Å²) >= 11 is 1.45. The second kappa shape index (κ2) is 12.3. The molecule has 1 saturated heterocycles. The third-order valence-electron chi connectivity index (χ3n) is 7.37. The highest BCUT2D eigenvalue weighted by Gasteiger charge is 2.36. The molecule has 0 aromatic heterocycles. The van der Waals surface area contributed by atoms with E-state index in [0.717, 1.165) is 22.6 Å². The minimum atomic E-state index is -0.524. The van der Waals surface area contributed by atoms with E-state index in [4.69, 9.17) is 4.74 Å². The van der Waals surface area contributed by atoms with Gasteiger partial charge >= 0.3 is 0 Å². The molecule has 2 aliphatic rings. The monoisotopic (exact) mass is 549 g/mol. The van der Waals surface area contributed by atoms with Crippen molar-refractivity contribution in [2.45, 2.75) is 23.7 Å². The molecule has 2 amide bonds. The molecule has 2 atom stereocenters. The van der Waals surface area contributed by atoms with E-state index in [1.54, 1.807) is 42.3 Å². The van der Waals surface area contributed by atoms with E-state index in [1.807, 2.05) is 30.3 Å². The Labute approximate surface area is 231 Å². The van der Waals surface area contributed by atoms with Gasteiger partial charge in [-0.3, -0.25) is 14.8 Å². The van der Waals surface area contributed by atoms with E-state index in [9.17, 15) is 19.2 Å². The normalized spacial score (nSPS) is 19.1. The lowest BCUT2D eigenvalue weighted by Crippen LogP contribution is -2.45. The lowest BCUT2D eigenvalue weighted by molar-refractivity contribution is -0.128. The highest BCUT2D eigenvalue weighted by molar-refractivity contribution is 8.00. The van der Waals surface area contributed by atoms with Gasteiger partial charge in [0, 0.05) is 37.3 Å². The maximum absolute atomic E-state index is 14.5. The molecule has 2 heterocycles. The summed E-state index contributed by atoms with van der Waals surface area (Å²) in [6.07, 6.45) is 1.38. The second-order valence-electron chi connectivity index (χ2n) is 9.79.